The van der Waals surface area contributed by atoms with Crippen LogP contribution in [0.3, 0.4) is 0 Å². The number of hydrogen-bond acceptors (Lipinski definition) is 3. The van der Waals surface area contributed by atoms with Gasteiger partial charge in [-0.25, -0.2) is 10.2 Å². The molecule has 64 valence electrons. The zero-order valence-electron chi connectivity index (χ0n) is 6.04. The van der Waals surface area contributed by atoms with Crippen LogP contribution in [-0.4, -0.2) is 11.0 Å². The molecule has 1 rings (SSSR count). The van der Waals surface area contributed by atoms with Crippen molar-refractivity contribution in [1.82, 2.24) is 5.43 Å². The van der Waals surface area contributed by atoms with Crippen LogP contribution in [0.2, 0.25) is 0 Å². The maximum atomic E-state index is 12.6. The molecule has 0 aliphatic heterocycles. The Balaban J connectivity index is 3.05. The molecule has 0 heterocycles. The number of nitrogens with two attached hydrogens (primary N) is 1. The van der Waals surface area contributed by atoms with E-state index in [0.717, 1.165) is 12.1 Å². The van der Waals surface area contributed by atoms with Crippen LogP contribution in [0.5, 0.6) is 5.75 Å². The zero-order valence-corrected chi connectivity index (χ0v) is 6.04. The highest BCUT2D eigenvalue weighted by molar-refractivity contribution is 5.93. The van der Waals surface area contributed by atoms with Crippen LogP contribution < -0.4 is 11.3 Å². The molecule has 0 aliphatic carbocycles. The van der Waals surface area contributed by atoms with Crippen molar-refractivity contribution < 1.29 is 14.3 Å². The third-order valence-electron chi connectivity index (χ3n) is 1.34. The number of benzene rings is 1. The molecule has 1 aromatic carbocycles. The van der Waals surface area contributed by atoms with Gasteiger partial charge in [0.2, 0.25) is 0 Å². The van der Waals surface area contributed by atoms with Crippen molar-refractivity contribution in [2.45, 2.75) is 0 Å². The predicted molar refractivity (Wildman–Crippen MR) is 39.7 cm³/mol. The summed E-state index contributed by atoms with van der Waals surface area (Å²) in [6.07, 6.45) is 0. The van der Waals surface area contributed by atoms with Gasteiger partial charge < -0.3 is 5.11 Å². The predicted octanol–water partition coefficient (Wildman–Crippen LogP) is 0.135. The zero-order chi connectivity index (χ0) is 9.14. The molecule has 0 saturated carbocycles. The molecule has 4 nitrogen and oxygen atoms in total. The third-order valence-corrected chi connectivity index (χ3v) is 1.34. The van der Waals surface area contributed by atoms with Crippen molar-refractivity contribution in [3.63, 3.8) is 0 Å². The van der Waals surface area contributed by atoms with Gasteiger partial charge in [-0.1, -0.05) is 0 Å². The summed E-state index contributed by atoms with van der Waals surface area (Å²) in [5.41, 5.74) is 1.90. The fraction of sp³-hybridized carbons (Fsp3) is 0. The van der Waals surface area contributed by atoms with Crippen molar-refractivity contribution >= 4 is 5.91 Å². The summed E-state index contributed by atoms with van der Waals surface area (Å²) in [5.74, 6) is 2.86. The first kappa shape index (κ1) is 8.48. The molecular weight excluding hydrogens is 163 g/mol. The number of phenolic OH excluding ortho intramolecular Hbond substituents is 1. The summed E-state index contributed by atoms with van der Waals surface area (Å²) in [7, 11) is 0. The molecule has 0 bridgehead atoms. The molecule has 5 heteroatoms. The Morgan fingerprint density at radius 3 is 2.75 bits per heavy atom. The second kappa shape index (κ2) is 3.19. The van der Waals surface area contributed by atoms with Gasteiger partial charge in [0.25, 0.3) is 5.91 Å². The average Bonchev–Trinajstić information content (AvgIpc) is 2.08. The fourth-order valence-electron chi connectivity index (χ4n) is 0.731. The van der Waals surface area contributed by atoms with Crippen molar-refractivity contribution in [2.75, 3.05) is 0 Å². The van der Waals surface area contributed by atoms with Crippen molar-refractivity contribution in [2.24, 2.45) is 5.84 Å². The van der Waals surface area contributed by atoms with E-state index in [1.165, 1.54) is 6.07 Å². The van der Waals surface area contributed by atoms with E-state index >= 15 is 0 Å². The number of hydrogen-bond donors (Lipinski definition) is 3. The lowest BCUT2D eigenvalue weighted by atomic mass is 10.2. The minimum absolute atomic E-state index is 0.0628. The van der Waals surface area contributed by atoms with Gasteiger partial charge in [-0.05, 0) is 18.2 Å². The maximum Gasteiger partial charge on any atom is 0.265 e. The monoisotopic (exact) mass is 170 g/mol. The van der Waals surface area contributed by atoms with Crippen LogP contribution in [0.25, 0.3) is 0 Å². The number of carbonyl (C=O) groups excluding carboxylic acids is 1. The Labute approximate surface area is 67.8 Å². The molecule has 0 atom stereocenters. The summed E-state index contributed by atoms with van der Waals surface area (Å²) in [6.45, 7) is 0. The number of phenols is 1. The van der Waals surface area contributed by atoms with E-state index in [0.29, 0.717) is 0 Å². The van der Waals surface area contributed by atoms with Gasteiger partial charge in [0, 0.05) is 5.56 Å². The smallest absolute Gasteiger partial charge is 0.265 e. The second-order valence-corrected chi connectivity index (χ2v) is 2.14. The van der Waals surface area contributed by atoms with Gasteiger partial charge in [-0.15, -0.1) is 0 Å². The van der Waals surface area contributed by atoms with Crippen LogP contribution in [0.4, 0.5) is 4.39 Å². The molecule has 4 N–H and O–H groups in total. The fourth-order valence-corrected chi connectivity index (χ4v) is 0.731. The minimum Gasteiger partial charge on any atom is -0.505 e. The molecule has 0 radical (unpaired) electrons. The molecule has 1 aromatic rings. The number of amides is 1. The Morgan fingerprint density at radius 1 is 1.58 bits per heavy atom. The lowest BCUT2D eigenvalue weighted by molar-refractivity contribution is 0.0953. The molecule has 0 aliphatic rings. The van der Waals surface area contributed by atoms with Crippen molar-refractivity contribution in [1.29, 1.82) is 0 Å². The van der Waals surface area contributed by atoms with Gasteiger partial charge in [-0.2, -0.15) is 0 Å². The van der Waals surface area contributed by atoms with E-state index < -0.39 is 17.5 Å². The van der Waals surface area contributed by atoms with E-state index in [1.54, 1.807) is 0 Å². The largest absolute Gasteiger partial charge is 0.505 e. The quantitative estimate of drug-likeness (QED) is 0.318. The second-order valence-electron chi connectivity index (χ2n) is 2.14. The average molecular weight is 170 g/mol. The van der Waals surface area contributed by atoms with Crippen molar-refractivity contribution in [3.8, 4) is 5.75 Å². The standard InChI is InChI=1S/C7H7FN2O2/c8-5-3-4(7(12)10-9)1-2-6(5)11/h1-3,11H,9H2,(H,10,12). The van der Waals surface area contributed by atoms with Crippen LogP contribution in [0, 0.1) is 5.82 Å². The normalized spacial score (nSPS) is 9.50. The minimum atomic E-state index is -0.851. The Morgan fingerprint density at radius 2 is 2.25 bits per heavy atom. The highest BCUT2D eigenvalue weighted by Gasteiger charge is 2.06. The van der Waals surface area contributed by atoms with E-state index in [-0.39, 0.29) is 5.56 Å². The molecule has 0 fully saturated rings. The Kier molecular flexibility index (Phi) is 2.25. The summed E-state index contributed by atoms with van der Waals surface area (Å²) in [6, 6.07) is 3.25. The number of nitrogens with one attached hydrogen (secondary N) is 1. The first-order valence-corrected chi connectivity index (χ1v) is 3.14. The lowest BCUT2D eigenvalue weighted by Crippen LogP contribution is -2.29. The first-order chi connectivity index (χ1) is 5.65. The third kappa shape index (κ3) is 1.51. The van der Waals surface area contributed by atoms with Gasteiger partial charge in [0.05, 0.1) is 0 Å². The first-order valence-electron chi connectivity index (χ1n) is 3.14. The number of aromatic hydroxyl groups is 1. The lowest BCUT2D eigenvalue weighted by Gasteiger charge is -1.99. The van der Waals surface area contributed by atoms with Crippen LogP contribution >= 0.6 is 0 Å². The molecule has 0 spiro atoms. The maximum absolute atomic E-state index is 12.6. The van der Waals surface area contributed by atoms with E-state index in [1.807, 2.05) is 5.43 Å². The molecule has 0 saturated heterocycles. The molecule has 1 amide bonds. The van der Waals surface area contributed by atoms with Gasteiger partial charge in [0.1, 0.15) is 0 Å². The molecule has 0 aromatic heterocycles. The SMILES string of the molecule is NNC(=O)c1ccc(O)c(F)c1. The van der Waals surface area contributed by atoms with Gasteiger partial charge >= 0.3 is 0 Å². The summed E-state index contributed by atoms with van der Waals surface area (Å²) in [4.78, 5) is 10.8. The van der Waals surface area contributed by atoms with Crippen molar-refractivity contribution in [3.05, 3.63) is 29.6 Å². The number of hydrazine groups is 1. The van der Waals surface area contributed by atoms with Crippen LogP contribution in [-0.2, 0) is 0 Å². The Bertz CT molecular complexity index is 314. The topological polar surface area (TPSA) is 75.3 Å². The van der Waals surface area contributed by atoms with Gasteiger partial charge in [-0.3, -0.25) is 10.2 Å². The molecule has 12 heavy (non-hydrogen) atoms. The molecular formula is C7H7FN2O2. The number of halogens is 1. The van der Waals surface area contributed by atoms with E-state index in [4.69, 9.17) is 10.9 Å². The van der Waals surface area contributed by atoms with E-state index in [9.17, 15) is 9.18 Å². The van der Waals surface area contributed by atoms with Crippen LogP contribution in [0.1, 0.15) is 10.4 Å². The van der Waals surface area contributed by atoms with Gasteiger partial charge in [0.15, 0.2) is 11.6 Å². The number of rotatable bonds is 1. The summed E-state index contributed by atoms with van der Waals surface area (Å²) in [5, 5.41) is 8.76. The summed E-state index contributed by atoms with van der Waals surface area (Å²) < 4.78 is 12.6. The number of carbonyl (C=O) groups is 1. The summed E-state index contributed by atoms with van der Waals surface area (Å²) >= 11 is 0. The van der Waals surface area contributed by atoms with Crippen LogP contribution in [0.15, 0.2) is 18.2 Å². The number of nitrogen functional groups attached to an aromatic ring is 1. The molecule has 0 unspecified atom stereocenters. The Hall–Kier alpha value is -1.62. The highest BCUT2D eigenvalue weighted by atomic mass is 19.1. The highest BCUT2D eigenvalue weighted by Crippen LogP contribution is 2.15. The van der Waals surface area contributed by atoms with E-state index in [2.05, 4.69) is 0 Å².